The normalized spacial score (nSPS) is 12.7. The van der Waals surface area contributed by atoms with Gasteiger partial charge in [-0.3, -0.25) is 0 Å². The molecule has 0 spiro atoms. The standard InChI is InChI=1S/C21H30N2O/c1-2-3-4-5-6-10-17-24-21(18-23-16-15-22-19-23)14-13-20-11-8-7-9-12-20/h7-9,11-16,19,21H,2-6,10,17-18H2,1H3/b14-13+. The van der Waals surface area contributed by atoms with E-state index in [1.165, 1.54) is 37.7 Å². The molecule has 3 heteroatoms. The lowest BCUT2D eigenvalue weighted by atomic mass is 10.1. The second kappa shape index (κ2) is 11.6. The summed E-state index contributed by atoms with van der Waals surface area (Å²) in [6.45, 7) is 3.88. The summed E-state index contributed by atoms with van der Waals surface area (Å²) in [4.78, 5) is 4.12. The Bertz CT molecular complexity index is 548. The predicted octanol–water partition coefficient (Wildman–Crippen LogP) is 5.34. The Labute approximate surface area is 146 Å². The van der Waals surface area contributed by atoms with Gasteiger partial charge in [0, 0.05) is 19.0 Å². The first-order valence-electron chi connectivity index (χ1n) is 9.19. The van der Waals surface area contributed by atoms with E-state index in [0.717, 1.165) is 19.6 Å². The third kappa shape index (κ3) is 7.60. The molecular weight excluding hydrogens is 296 g/mol. The number of hydrogen-bond acceptors (Lipinski definition) is 2. The van der Waals surface area contributed by atoms with Crippen molar-refractivity contribution in [2.45, 2.75) is 58.1 Å². The van der Waals surface area contributed by atoms with Gasteiger partial charge in [-0.15, -0.1) is 0 Å². The second-order valence-electron chi connectivity index (χ2n) is 6.21. The number of imidazole rings is 1. The van der Waals surface area contributed by atoms with E-state index in [2.05, 4.69) is 52.9 Å². The van der Waals surface area contributed by atoms with Crippen LogP contribution in [0.5, 0.6) is 0 Å². The fraction of sp³-hybridized carbons (Fsp3) is 0.476. The zero-order valence-corrected chi connectivity index (χ0v) is 14.8. The summed E-state index contributed by atoms with van der Waals surface area (Å²) in [5.74, 6) is 0. The number of benzene rings is 1. The van der Waals surface area contributed by atoms with E-state index in [1.54, 1.807) is 0 Å². The third-order valence-electron chi connectivity index (χ3n) is 4.08. The number of unbranched alkanes of at least 4 members (excludes halogenated alkanes) is 5. The number of hydrogen-bond donors (Lipinski definition) is 0. The number of rotatable bonds is 12. The monoisotopic (exact) mass is 326 g/mol. The molecule has 0 aliphatic rings. The summed E-state index contributed by atoms with van der Waals surface area (Å²) in [7, 11) is 0. The molecule has 0 fully saturated rings. The Morgan fingerprint density at radius 2 is 1.88 bits per heavy atom. The van der Waals surface area contributed by atoms with Gasteiger partial charge in [0.1, 0.15) is 0 Å². The summed E-state index contributed by atoms with van der Waals surface area (Å²) in [6.07, 6.45) is 17.7. The maximum Gasteiger partial charge on any atom is 0.0946 e. The van der Waals surface area contributed by atoms with E-state index in [9.17, 15) is 0 Å². The van der Waals surface area contributed by atoms with E-state index >= 15 is 0 Å². The van der Waals surface area contributed by atoms with Crippen LogP contribution in [0.3, 0.4) is 0 Å². The van der Waals surface area contributed by atoms with Crippen molar-refractivity contribution in [2.75, 3.05) is 6.61 Å². The highest BCUT2D eigenvalue weighted by Crippen LogP contribution is 2.09. The van der Waals surface area contributed by atoms with Crippen LogP contribution in [0.4, 0.5) is 0 Å². The van der Waals surface area contributed by atoms with Gasteiger partial charge in [-0.2, -0.15) is 0 Å². The first-order valence-corrected chi connectivity index (χ1v) is 9.19. The Hall–Kier alpha value is -1.87. The lowest BCUT2D eigenvalue weighted by Crippen LogP contribution is -2.17. The number of ether oxygens (including phenoxy) is 1. The fourth-order valence-electron chi connectivity index (χ4n) is 2.67. The molecule has 2 aromatic rings. The lowest BCUT2D eigenvalue weighted by molar-refractivity contribution is 0.0710. The van der Waals surface area contributed by atoms with E-state index in [4.69, 9.17) is 4.74 Å². The van der Waals surface area contributed by atoms with Crippen molar-refractivity contribution in [2.24, 2.45) is 0 Å². The van der Waals surface area contributed by atoms with Crippen LogP contribution in [0.15, 0.2) is 55.1 Å². The van der Waals surface area contributed by atoms with Crippen LogP contribution < -0.4 is 0 Å². The molecule has 0 amide bonds. The van der Waals surface area contributed by atoms with Crippen LogP contribution in [0.1, 0.15) is 51.0 Å². The minimum Gasteiger partial charge on any atom is -0.372 e. The molecule has 2 rings (SSSR count). The second-order valence-corrected chi connectivity index (χ2v) is 6.21. The molecule has 1 heterocycles. The van der Waals surface area contributed by atoms with E-state index in [0.29, 0.717) is 0 Å². The topological polar surface area (TPSA) is 27.1 Å². The van der Waals surface area contributed by atoms with Gasteiger partial charge in [-0.05, 0) is 12.0 Å². The van der Waals surface area contributed by atoms with Gasteiger partial charge in [-0.1, -0.05) is 81.5 Å². The molecule has 0 bridgehead atoms. The average molecular weight is 326 g/mol. The van der Waals surface area contributed by atoms with E-state index in [1.807, 2.05) is 24.8 Å². The summed E-state index contributed by atoms with van der Waals surface area (Å²) in [6, 6.07) is 10.4. The van der Waals surface area contributed by atoms with Crippen LogP contribution in [-0.2, 0) is 11.3 Å². The van der Waals surface area contributed by atoms with E-state index in [-0.39, 0.29) is 6.10 Å². The van der Waals surface area contributed by atoms with Gasteiger partial charge >= 0.3 is 0 Å². The fourth-order valence-corrected chi connectivity index (χ4v) is 2.67. The Morgan fingerprint density at radius 1 is 1.08 bits per heavy atom. The largest absolute Gasteiger partial charge is 0.372 e. The molecule has 0 aliphatic heterocycles. The lowest BCUT2D eigenvalue weighted by Gasteiger charge is -2.15. The summed E-state index contributed by atoms with van der Waals surface area (Å²) < 4.78 is 8.18. The highest BCUT2D eigenvalue weighted by Gasteiger charge is 2.06. The number of aromatic nitrogens is 2. The summed E-state index contributed by atoms with van der Waals surface area (Å²) >= 11 is 0. The minimum atomic E-state index is 0.0787. The van der Waals surface area contributed by atoms with Gasteiger partial charge in [-0.25, -0.2) is 4.98 Å². The maximum absolute atomic E-state index is 6.11. The number of nitrogens with zero attached hydrogens (tertiary/aromatic N) is 2. The molecule has 130 valence electrons. The zero-order chi connectivity index (χ0) is 16.9. The van der Waals surface area contributed by atoms with Crippen molar-refractivity contribution < 1.29 is 4.74 Å². The van der Waals surface area contributed by atoms with Crippen LogP contribution in [0.2, 0.25) is 0 Å². The van der Waals surface area contributed by atoms with Crippen molar-refractivity contribution in [1.29, 1.82) is 0 Å². The maximum atomic E-state index is 6.11. The van der Waals surface area contributed by atoms with Crippen molar-refractivity contribution in [3.05, 3.63) is 60.7 Å². The molecule has 0 radical (unpaired) electrons. The average Bonchev–Trinajstić information content (AvgIpc) is 3.12. The van der Waals surface area contributed by atoms with Crippen LogP contribution in [-0.4, -0.2) is 22.3 Å². The van der Waals surface area contributed by atoms with Gasteiger partial charge in [0.25, 0.3) is 0 Å². The first-order chi connectivity index (χ1) is 11.9. The Kier molecular flexibility index (Phi) is 8.95. The molecule has 0 aliphatic carbocycles. The predicted molar refractivity (Wildman–Crippen MR) is 101 cm³/mol. The molecule has 0 N–H and O–H groups in total. The Balaban J connectivity index is 1.78. The molecule has 1 atom stereocenters. The Morgan fingerprint density at radius 3 is 2.62 bits per heavy atom. The summed E-state index contributed by atoms with van der Waals surface area (Å²) in [5, 5.41) is 0. The first kappa shape index (κ1) is 18.5. The highest BCUT2D eigenvalue weighted by atomic mass is 16.5. The summed E-state index contributed by atoms with van der Waals surface area (Å²) in [5.41, 5.74) is 1.20. The molecule has 3 nitrogen and oxygen atoms in total. The molecule has 1 unspecified atom stereocenters. The van der Waals surface area contributed by atoms with Crippen LogP contribution in [0, 0.1) is 0 Å². The molecule has 24 heavy (non-hydrogen) atoms. The highest BCUT2D eigenvalue weighted by molar-refractivity contribution is 5.49. The van der Waals surface area contributed by atoms with Crippen molar-refractivity contribution in [1.82, 2.24) is 9.55 Å². The van der Waals surface area contributed by atoms with Gasteiger partial charge in [0.15, 0.2) is 0 Å². The van der Waals surface area contributed by atoms with Crippen molar-refractivity contribution >= 4 is 6.08 Å². The van der Waals surface area contributed by atoms with Gasteiger partial charge < -0.3 is 9.30 Å². The smallest absolute Gasteiger partial charge is 0.0946 e. The van der Waals surface area contributed by atoms with Crippen LogP contribution >= 0.6 is 0 Å². The minimum absolute atomic E-state index is 0.0787. The zero-order valence-electron chi connectivity index (χ0n) is 14.8. The molecule has 1 aromatic carbocycles. The van der Waals surface area contributed by atoms with Gasteiger partial charge in [0.05, 0.1) is 19.0 Å². The van der Waals surface area contributed by atoms with Gasteiger partial charge in [0.2, 0.25) is 0 Å². The molecule has 1 aromatic heterocycles. The SMILES string of the molecule is CCCCCCCCOC(/C=C/c1ccccc1)Cn1ccnc1. The third-order valence-corrected chi connectivity index (χ3v) is 4.08. The molecule has 0 saturated carbocycles. The van der Waals surface area contributed by atoms with E-state index < -0.39 is 0 Å². The van der Waals surface area contributed by atoms with Crippen molar-refractivity contribution in [3.8, 4) is 0 Å². The molecule has 0 saturated heterocycles. The quantitative estimate of drug-likeness (QED) is 0.492. The van der Waals surface area contributed by atoms with Crippen LogP contribution in [0.25, 0.3) is 6.08 Å². The molecular formula is C21H30N2O. The van der Waals surface area contributed by atoms with Crippen molar-refractivity contribution in [3.63, 3.8) is 0 Å².